The number of hydrogen-bond donors (Lipinski definition) is 0. The van der Waals surface area contributed by atoms with Gasteiger partial charge in [0.05, 0.1) is 0 Å². The molecule has 0 atom stereocenters. The Morgan fingerprint density at radius 3 is 2.05 bits per heavy atom. The number of likely N-dealkylation sites (tertiary alicyclic amines) is 1. The zero-order valence-electron chi connectivity index (χ0n) is 15.2. The van der Waals surface area contributed by atoms with E-state index in [2.05, 4.69) is 23.9 Å². The maximum atomic E-state index is 2.77. The third-order valence-electron chi connectivity index (χ3n) is 7.13. The van der Waals surface area contributed by atoms with Crippen LogP contribution in [0, 0.1) is 10.8 Å². The quantitative estimate of drug-likeness (QED) is 0.752. The van der Waals surface area contributed by atoms with Crippen LogP contribution in [0.2, 0.25) is 0 Å². The van der Waals surface area contributed by atoms with Gasteiger partial charge in [0.2, 0.25) is 0 Å². The summed E-state index contributed by atoms with van der Waals surface area (Å²) in [5.41, 5.74) is 1.50. The van der Waals surface area contributed by atoms with Crippen molar-refractivity contribution in [1.29, 1.82) is 0 Å². The lowest BCUT2D eigenvalue weighted by molar-refractivity contribution is 0.0675. The molecule has 0 aromatic heterocycles. The first-order valence-electron chi connectivity index (χ1n) is 9.99. The molecule has 0 aromatic carbocycles. The summed E-state index contributed by atoms with van der Waals surface area (Å²) < 4.78 is 0. The Bertz CT molecular complexity index is 332. The molecule has 3 rings (SSSR count). The van der Waals surface area contributed by atoms with Gasteiger partial charge >= 0.3 is 0 Å². The minimum absolute atomic E-state index is 0.718. The van der Waals surface area contributed by atoms with Crippen molar-refractivity contribution in [3.8, 4) is 0 Å². The highest BCUT2D eigenvalue weighted by atomic mass is 15.2. The molecule has 2 aliphatic carbocycles. The first kappa shape index (κ1) is 16.8. The fourth-order valence-corrected chi connectivity index (χ4v) is 5.53. The summed E-state index contributed by atoms with van der Waals surface area (Å²) in [7, 11) is 4.39. The molecule has 0 amide bonds. The molecular formula is C20H38N2. The minimum Gasteiger partial charge on any atom is -0.309 e. The predicted molar refractivity (Wildman–Crippen MR) is 95.3 cm³/mol. The summed E-state index contributed by atoms with van der Waals surface area (Å²) in [5, 5.41) is 0. The molecule has 2 spiro atoms. The smallest absolute Gasteiger partial charge is 0.00385 e. The maximum absolute atomic E-state index is 2.77. The Hall–Kier alpha value is -0.0800. The van der Waals surface area contributed by atoms with Crippen LogP contribution in [0.3, 0.4) is 0 Å². The van der Waals surface area contributed by atoms with Crippen molar-refractivity contribution in [2.75, 3.05) is 40.3 Å². The highest BCUT2D eigenvalue weighted by Crippen LogP contribution is 2.54. The minimum atomic E-state index is 0.718. The van der Waals surface area contributed by atoms with Crippen LogP contribution in [0.5, 0.6) is 0 Å². The van der Waals surface area contributed by atoms with Gasteiger partial charge in [-0.1, -0.05) is 25.7 Å². The molecule has 0 radical (unpaired) electrons. The largest absolute Gasteiger partial charge is 0.309 e. The number of rotatable bonds is 4. The Balaban J connectivity index is 1.46. The van der Waals surface area contributed by atoms with Crippen molar-refractivity contribution in [1.82, 2.24) is 9.80 Å². The third kappa shape index (κ3) is 4.06. The molecule has 2 nitrogen and oxygen atoms in total. The van der Waals surface area contributed by atoms with Crippen LogP contribution < -0.4 is 0 Å². The summed E-state index contributed by atoms with van der Waals surface area (Å²) in [5.74, 6) is 0. The lowest BCUT2D eigenvalue weighted by Gasteiger charge is -2.45. The zero-order chi connectivity index (χ0) is 15.5. The molecule has 1 heterocycles. The second-order valence-corrected chi connectivity index (χ2v) is 9.10. The van der Waals surface area contributed by atoms with Crippen molar-refractivity contribution < 1.29 is 0 Å². The summed E-state index contributed by atoms with van der Waals surface area (Å²) in [6, 6.07) is 0. The first-order valence-corrected chi connectivity index (χ1v) is 9.99. The Morgan fingerprint density at radius 1 is 0.773 bits per heavy atom. The van der Waals surface area contributed by atoms with E-state index in [9.17, 15) is 0 Å². The number of nitrogens with zero attached hydrogens (tertiary/aromatic N) is 2. The Labute approximate surface area is 138 Å². The van der Waals surface area contributed by atoms with Crippen molar-refractivity contribution >= 4 is 0 Å². The van der Waals surface area contributed by atoms with Crippen LogP contribution in [0.15, 0.2) is 0 Å². The van der Waals surface area contributed by atoms with Crippen LogP contribution in [0.4, 0.5) is 0 Å². The van der Waals surface area contributed by atoms with Crippen LogP contribution in [0.25, 0.3) is 0 Å². The molecule has 128 valence electrons. The van der Waals surface area contributed by atoms with Gasteiger partial charge < -0.3 is 9.80 Å². The fraction of sp³-hybridized carbons (Fsp3) is 1.00. The van der Waals surface area contributed by atoms with Gasteiger partial charge in [0.1, 0.15) is 0 Å². The van der Waals surface area contributed by atoms with E-state index in [1.165, 1.54) is 77.5 Å². The van der Waals surface area contributed by atoms with E-state index in [1.54, 1.807) is 25.7 Å². The van der Waals surface area contributed by atoms with Crippen molar-refractivity contribution in [3.63, 3.8) is 0 Å². The van der Waals surface area contributed by atoms with Gasteiger partial charge in [-0.25, -0.2) is 0 Å². The maximum Gasteiger partial charge on any atom is 0.00385 e. The standard InChI is InChI=1S/C20H38N2/c1-21(2)15-7-16-22-17-14-20(18-22)12-10-19(11-13-20)8-5-3-4-6-9-19/h3-18H2,1-2H3. The molecule has 0 aromatic rings. The molecule has 2 saturated carbocycles. The van der Waals surface area contributed by atoms with E-state index in [0.717, 1.165) is 10.8 Å². The van der Waals surface area contributed by atoms with Gasteiger partial charge in [-0.05, 0) is 95.9 Å². The van der Waals surface area contributed by atoms with Gasteiger partial charge in [0.15, 0.2) is 0 Å². The highest BCUT2D eigenvalue weighted by Gasteiger charge is 2.45. The predicted octanol–water partition coefficient (Wildman–Crippen LogP) is 4.54. The average Bonchev–Trinajstić information content (AvgIpc) is 2.75. The summed E-state index contributed by atoms with van der Waals surface area (Å²) >= 11 is 0. The highest BCUT2D eigenvalue weighted by molar-refractivity contribution is 4.98. The molecule has 2 heteroatoms. The second kappa shape index (κ2) is 7.21. The molecule has 0 unspecified atom stereocenters. The molecule has 0 bridgehead atoms. The van der Waals surface area contributed by atoms with E-state index >= 15 is 0 Å². The molecule has 3 fully saturated rings. The molecule has 1 aliphatic heterocycles. The van der Waals surface area contributed by atoms with E-state index in [4.69, 9.17) is 0 Å². The van der Waals surface area contributed by atoms with E-state index in [-0.39, 0.29) is 0 Å². The van der Waals surface area contributed by atoms with Crippen molar-refractivity contribution in [2.24, 2.45) is 10.8 Å². The Kier molecular flexibility index (Phi) is 5.50. The normalized spacial score (nSPS) is 28.5. The molecular weight excluding hydrogens is 268 g/mol. The van der Waals surface area contributed by atoms with E-state index < -0.39 is 0 Å². The topological polar surface area (TPSA) is 6.48 Å². The van der Waals surface area contributed by atoms with Crippen LogP contribution in [-0.4, -0.2) is 50.1 Å². The summed E-state index contributed by atoms with van der Waals surface area (Å²) in [6.07, 6.45) is 18.2. The van der Waals surface area contributed by atoms with E-state index in [0.29, 0.717) is 0 Å². The molecule has 22 heavy (non-hydrogen) atoms. The van der Waals surface area contributed by atoms with Gasteiger partial charge in [-0.3, -0.25) is 0 Å². The van der Waals surface area contributed by atoms with Gasteiger partial charge in [0, 0.05) is 6.54 Å². The van der Waals surface area contributed by atoms with Crippen LogP contribution in [0.1, 0.15) is 77.0 Å². The van der Waals surface area contributed by atoms with Crippen LogP contribution >= 0.6 is 0 Å². The third-order valence-corrected chi connectivity index (χ3v) is 7.13. The number of hydrogen-bond acceptors (Lipinski definition) is 2. The van der Waals surface area contributed by atoms with Gasteiger partial charge in [-0.15, -0.1) is 0 Å². The first-order chi connectivity index (χ1) is 10.6. The summed E-state index contributed by atoms with van der Waals surface area (Å²) in [6.45, 7) is 5.36. The monoisotopic (exact) mass is 306 g/mol. The molecule has 1 saturated heterocycles. The molecule has 0 N–H and O–H groups in total. The van der Waals surface area contributed by atoms with Gasteiger partial charge in [-0.2, -0.15) is 0 Å². The lowest BCUT2D eigenvalue weighted by atomic mass is 9.61. The van der Waals surface area contributed by atoms with E-state index in [1.807, 2.05) is 0 Å². The SMILES string of the molecule is CN(C)CCCN1CCC2(CCC3(CCCCCC3)CC2)C1. The fourth-order valence-electron chi connectivity index (χ4n) is 5.53. The van der Waals surface area contributed by atoms with Crippen LogP contribution in [-0.2, 0) is 0 Å². The second-order valence-electron chi connectivity index (χ2n) is 9.10. The lowest BCUT2D eigenvalue weighted by Crippen LogP contribution is -2.36. The Morgan fingerprint density at radius 2 is 1.41 bits per heavy atom. The molecule has 3 aliphatic rings. The van der Waals surface area contributed by atoms with Crippen molar-refractivity contribution in [3.05, 3.63) is 0 Å². The summed E-state index contributed by atoms with van der Waals surface area (Å²) in [4.78, 5) is 5.09. The average molecular weight is 307 g/mol. The van der Waals surface area contributed by atoms with Gasteiger partial charge in [0.25, 0.3) is 0 Å². The zero-order valence-corrected chi connectivity index (χ0v) is 15.2. The van der Waals surface area contributed by atoms with Crippen molar-refractivity contribution in [2.45, 2.75) is 77.0 Å².